The molecule has 1 fully saturated rings. The Morgan fingerprint density at radius 1 is 1.55 bits per heavy atom. The smallest absolute Gasteiger partial charge is 0.253 e. The molecule has 1 aliphatic heterocycles. The molecular weight excluding hydrogens is 287 g/mol. The van der Waals surface area contributed by atoms with Crippen molar-refractivity contribution >= 4 is 5.91 Å². The van der Waals surface area contributed by atoms with Gasteiger partial charge >= 0.3 is 0 Å². The van der Waals surface area contributed by atoms with Gasteiger partial charge in [-0.15, -0.1) is 0 Å². The predicted octanol–water partition coefficient (Wildman–Crippen LogP) is 2.02. The molecule has 0 unspecified atom stereocenters. The van der Waals surface area contributed by atoms with Crippen LogP contribution in [-0.4, -0.2) is 34.0 Å². The van der Waals surface area contributed by atoms with E-state index in [9.17, 15) is 9.18 Å². The molecule has 0 spiro atoms. The monoisotopic (exact) mass is 300 g/mol. The van der Waals surface area contributed by atoms with Gasteiger partial charge in [0.25, 0.3) is 5.91 Å². The van der Waals surface area contributed by atoms with Gasteiger partial charge in [-0.2, -0.15) is 10.2 Å². The summed E-state index contributed by atoms with van der Waals surface area (Å²) in [7, 11) is 0. The number of hydrogen-bond donors (Lipinski definition) is 0. The maximum atomic E-state index is 13.3. The van der Waals surface area contributed by atoms with Gasteiger partial charge in [0.1, 0.15) is 11.9 Å². The molecule has 3 rings (SSSR count). The molecule has 0 N–H and O–H groups in total. The van der Waals surface area contributed by atoms with Gasteiger partial charge in [0.15, 0.2) is 5.82 Å². The van der Waals surface area contributed by atoms with Crippen molar-refractivity contribution in [3.05, 3.63) is 46.9 Å². The normalized spacial score (nSPS) is 17.5. The maximum Gasteiger partial charge on any atom is 0.253 e. The lowest BCUT2D eigenvalue weighted by Crippen LogP contribution is -2.28. The summed E-state index contributed by atoms with van der Waals surface area (Å²) in [5.41, 5.74) is 0.175. The summed E-state index contributed by atoms with van der Waals surface area (Å²) in [4.78, 5) is 18.3. The van der Waals surface area contributed by atoms with Crippen LogP contribution in [0.1, 0.15) is 40.0 Å². The molecule has 1 aromatic heterocycles. The highest BCUT2D eigenvalue weighted by Gasteiger charge is 2.31. The number of hydrogen-bond acceptors (Lipinski definition) is 5. The Balaban J connectivity index is 1.75. The molecule has 6 nitrogen and oxygen atoms in total. The third-order valence-electron chi connectivity index (χ3n) is 3.70. The maximum absolute atomic E-state index is 13.3. The molecule has 2 heterocycles. The highest BCUT2D eigenvalue weighted by molar-refractivity contribution is 5.94. The summed E-state index contributed by atoms with van der Waals surface area (Å²) in [6.07, 6.45) is 0.736. The van der Waals surface area contributed by atoms with Crippen molar-refractivity contribution in [2.45, 2.75) is 19.3 Å². The molecule has 1 aromatic carbocycles. The number of carbonyl (C=O) groups excluding carboxylic acids is 1. The zero-order valence-corrected chi connectivity index (χ0v) is 11.9. The van der Waals surface area contributed by atoms with Gasteiger partial charge in [-0.25, -0.2) is 4.39 Å². The number of nitrogens with zero attached hydrogens (tertiary/aromatic N) is 4. The van der Waals surface area contributed by atoms with Crippen LogP contribution in [0.4, 0.5) is 4.39 Å². The van der Waals surface area contributed by atoms with Crippen molar-refractivity contribution in [3.8, 4) is 6.07 Å². The van der Waals surface area contributed by atoms with E-state index in [1.54, 1.807) is 17.9 Å². The molecule has 2 aromatic rings. The predicted molar refractivity (Wildman–Crippen MR) is 73.4 cm³/mol. The largest absolute Gasteiger partial charge is 0.339 e. The van der Waals surface area contributed by atoms with Gasteiger partial charge in [0.2, 0.25) is 5.89 Å². The number of benzene rings is 1. The lowest BCUT2D eigenvalue weighted by atomic mass is 10.1. The Kier molecular flexibility index (Phi) is 3.59. The van der Waals surface area contributed by atoms with Crippen LogP contribution in [0, 0.1) is 24.1 Å². The second-order valence-electron chi connectivity index (χ2n) is 5.22. The van der Waals surface area contributed by atoms with Crippen molar-refractivity contribution < 1.29 is 13.7 Å². The van der Waals surface area contributed by atoms with Crippen molar-refractivity contribution in [2.75, 3.05) is 13.1 Å². The number of rotatable bonds is 2. The van der Waals surface area contributed by atoms with Crippen molar-refractivity contribution in [1.29, 1.82) is 5.26 Å². The zero-order chi connectivity index (χ0) is 15.7. The van der Waals surface area contributed by atoms with E-state index in [1.807, 2.05) is 0 Å². The Morgan fingerprint density at radius 3 is 3.05 bits per heavy atom. The second kappa shape index (κ2) is 5.56. The number of aryl methyl sites for hydroxylation is 1. The molecule has 7 heteroatoms. The minimum Gasteiger partial charge on any atom is -0.339 e. The summed E-state index contributed by atoms with van der Waals surface area (Å²) < 4.78 is 18.5. The highest BCUT2D eigenvalue weighted by Crippen LogP contribution is 2.27. The lowest BCUT2D eigenvalue weighted by molar-refractivity contribution is 0.0789. The third kappa shape index (κ3) is 2.55. The van der Waals surface area contributed by atoms with Crippen LogP contribution in [0.5, 0.6) is 0 Å². The van der Waals surface area contributed by atoms with Crippen LogP contribution >= 0.6 is 0 Å². The third-order valence-corrected chi connectivity index (χ3v) is 3.70. The summed E-state index contributed by atoms with van der Waals surface area (Å²) in [6.45, 7) is 2.77. The van der Waals surface area contributed by atoms with Crippen molar-refractivity contribution in [2.24, 2.45) is 0 Å². The first-order chi connectivity index (χ1) is 10.6. The number of likely N-dealkylation sites (tertiary alicyclic amines) is 1. The summed E-state index contributed by atoms with van der Waals surface area (Å²) >= 11 is 0. The molecule has 0 bridgehead atoms. The van der Waals surface area contributed by atoms with E-state index in [4.69, 9.17) is 9.78 Å². The molecule has 1 saturated heterocycles. The SMILES string of the molecule is Cc1noc([C@@H]2CCN(C(=O)c3ccc(F)c(C#N)c3)C2)n1. The molecule has 0 aliphatic carbocycles. The van der Waals surface area contributed by atoms with Crippen LogP contribution < -0.4 is 0 Å². The van der Waals surface area contributed by atoms with E-state index in [0.29, 0.717) is 30.4 Å². The second-order valence-corrected chi connectivity index (χ2v) is 5.22. The Bertz CT molecular complexity index is 765. The highest BCUT2D eigenvalue weighted by atomic mass is 19.1. The number of halogens is 1. The molecule has 0 saturated carbocycles. The summed E-state index contributed by atoms with van der Waals surface area (Å²) in [6, 6.07) is 5.55. The topological polar surface area (TPSA) is 83.0 Å². The Hall–Kier alpha value is -2.75. The van der Waals surface area contributed by atoms with Crippen LogP contribution in [0.15, 0.2) is 22.7 Å². The fraction of sp³-hybridized carbons (Fsp3) is 0.333. The van der Waals surface area contributed by atoms with E-state index in [-0.39, 0.29) is 17.4 Å². The molecule has 112 valence electrons. The summed E-state index contributed by atoms with van der Waals surface area (Å²) in [5.74, 6) is 0.262. The quantitative estimate of drug-likeness (QED) is 0.847. The van der Waals surface area contributed by atoms with E-state index in [2.05, 4.69) is 10.1 Å². The fourth-order valence-corrected chi connectivity index (χ4v) is 2.55. The minimum atomic E-state index is -0.625. The van der Waals surface area contributed by atoms with Crippen molar-refractivity contribution in [1.82, 2.24) is 15.0 Å². The average molecular weight is 300 g/mol. The number of aromatic nitrogens is 2. The van der Waals surface area contributed by atoms with Gasteiger partial charge in [-0.05, 0) is 31.5 Å². The van der Waals surface area contributed by atoms with Crippen molar-refractivity contribution in [3.63, 3.8) is 0 Å². The van der Waals surface area contributed by atoms with E-state index in [1.165, 1.54) is 12.1 Å². The molecule has 22 heavy (non-hydrogen) atoms. The standard InChI is InChI=1S/C15H13FN4O2/c1-9-18-14(22-19-9)11-4-5-20(8-11)15(21)10-2-3-13(16)12(6-10)7-17/h2-3,6,11H,4-5,8H2,1H3/t11-/m1/s1. The van der Waals surface area contributed by atoms with Gasteiger partial charge < -0.3 is 9.42 Å². The first kappa shape index (κ1) is 14.2. The molecule has 1 amide bonds. The summed E-state index contributed by atoms with van der Waals surface area (Å²) in [5, 5.41) is 12.6. The van der Waals surface area contributed by atoms with Crippen LogP contribution in [0.25, 0.3) is 0 Å². The molecule has 0 radical (unpaired) electrons. The first-order valence-corrected chi connectivity index (χ1v) is 6.87. The lowest BCUT2D eigenvalue weighted by Gasteiger charge is -2.16. The van der Waals surface area contributed by atoms with Crippen LogP contribution in [0.3, 0.4) is 0 Å². The van der Waals surface area contributed by atoms with E-state index >= 15 is 0 Å². The molecular formula is C15H13FN4O2. The number of amides is 1. The number of nitriles is 1. The van der Waals surface area contributed by atoms with E-state index < -0.39 is 5.82 Å². The fourth-order valence-electron chi connectivity index (χ4n) is 2.55. The van der Waals surface area contributed by atoms with Gasteiger partial charge in [-0.1, -0.05) is 5.16 Å². The van der Waals surface area contributed by atoms with Gasteiger partial charge in [-0.3, -0.25) is 4.79 Å². The Labute approximate surface area is 126 Å². The minimum absolute atomic E-state index is 0.0148. The Morgan fingerprint density at radius 2 is 2.36 bits per heavy atom. The van der Waals surface area contributed by atoms with Gasteiger partial charge in [0, 0.05) is 18.7 Å². The number of carbonyl (C=O) groups is 1. The van der Waals surface area contributed by atoms with E-state index in [0.717, 1.165) is 12.5 Å². The molecule has 1 aliphatic rings. The average Bonchev–Trinajstić information content (AvgIpc) is 3.15. The van der Waals surface area contributed by atoms with Gasteiger partial charge in [0.05, 0.1) is 11.5 Å². The molecule has 1 atom stereocenters. The van der Waals surface area contributed by atoms with Crippen LogP contribution in [-0.2, 0) is 0 Å². The van der Waals surface area contributed by atoms with Crippen LogP contribution in [0.2, 0.25) is 0 Å². The first-order valence-electron chi connectivity index (χ1n) is 6.87. The zero-order valence-electron chi connectivity index (χ0n) is 11.9.